The van der Waals surface area contributed by atoms with Gasteiger partial charge in [-0.3, -0.25) is 0 Å². The fourth-order valence-corrected chi connectivity index (χ4v) is 1.86. The number of halogens is 1. The van der Waals surface area contributed by atoms with Gasteiger partial charge in [0.25, 0.3) is 0 Å². The summed E-state index contributed by atoms with van der Waals surface area (Å²) in [6, 6.07) is 13.7. The highest BCUT2D eigenvalue weighted by Gasteiger charge is 2.02. The minimum absolute atomic E-state index is 0.702. The van der Waals surface area contributed by atoms with Crippen LogP contribution in [0.25, 0.3) is 0 Å². The zero-order valence-electron chi connectivity index (χ0n) is 9.70. The highest BCUT2D eigenvalue weighted by Crippen LogP contribution is 2.23. The van der Waals surface area contributed by atoms with E-state index >= 15 is 0 Å². The van der Waals surface area contributed by atoms with Gasteiger partial charge >= 0.3 is 0 Å². The molecule has 0 aliphatic heterocycles. The lowest BCUT2D eigenvalue weighted by atomic mass is 10.1. The lowest BCUT2D eigenvalue weighted by Gasteiger charge is -2.11. The highest BCUT2D eigenvalue weighted by molar-refractivity contribution is 6.31. The number of nitrogen functional groups attached to an aromatic ring is 1. The van der Waals surface area contributed by atoms with E-state index in [9.17, 15) is 0 Å². The molecule has 2 rings (SSSR count). The smallest absolute Gasteiger partial charge is 0.0455 e. The van der Waals surface area contributed by atoms with Gasteiger partial charge in [0.05, 0.1) is 0 Å². The van der Waals surface area contributed by atoms with Crippen molar-refractivity contribution < 1.29 is 0 Å². The summed E-state index contributed by atoms with van der Waals surface area (Å²) in [5.74, 6) is 0. The molecule has 0 fully saturated rings. The zero-order chi connectivity index (χ0) is 12.3. The molecule has 2 aromatic rings. The van der Waals surface area contributed by atoms with Gasteiger partial charge < -0.3 is 11.1 Å². The molecule has 0 radical (unpaired) electrons. The van der Waals surface area contributed by atoms with Gasteiger partial charge in [-0.1, -0.05) is 35.9 Å². The quantitative estimate of drug-likeness (QED) is 0.808. The standard InChI is InChI=1S/C14H15ClN2/c1-10-12(15)6-4-8-14(10)17-9-11-5-2-3-7-13(11)16/h2-8,17H,9,16H2,1H3. The number of rotatable bonds is 3. The Morgan fingerprint density at radius 2 is 1.88 bits per heavy atom. The van der Waals surface area contributed by atoms with Crippen LogP contribution in [0.15, 0.2) is 42.5 Å². The molecule has 0 saturated carbocycles. The number of nitrogens with two attached hydrogens (primary N) is 1. The monoisotopic (exact) mass is 246 g/mol. The van der Waals surface area contributed by atoms with Crippen molar-refractivity contribution in [1.29, 1.82) is 0 Å². The molecular formula is C14H15ClN2. The van der Waals surface area contributed by atoms with Gasteiger partial charge in [-0.05, 0) is 36.2 Å². The predicted molar refractivity (Wildman–Crippen MR) is 74.4 cm³/mol. The summed E-state index contributed by atoms with van der Waals surface area (Å²) >= 11 is 6.06. The van der Waals surface area contributed by atoms with Gasteiger partial charge in [0, 0.05) is 22.9 Å². The number of nitrogens with one attached hydrogen (secondary N) is 1. The summed E-state index contributed by atoms with van der Waals surface area (Å²) in [4.78, 5) is 0. The molecule has 2 aromatic carbocycles. The minimum atomic E-state index is 0.702. The maximum Gasteiger partial charge on any atom is 0.0455 e. The maximum atomic E-state index is 6.06. The van der Waals surface area contributed by atoms with E-state index < -0.39 is 0 Å². The van der Waals surface area contributed by atoms with Crippen molar-refractivity contribution in [3.63, 3.8) is 0 Å². The average molecular weight is 247 g/mol. The molecule has 0 aromatic heterocycles. The van der Waals surface area contributed by atoms with Crippen molar-refractivity contribution in [3.05, 3.63) is 58.6 Å². The van der Waals surface area contributed by atoms with Gasteiger partial charge in [0.2, 0.25) is 0 Å². The second kappa shape index (κ2) is 5.11. The van der Waals surface area contributed by atoms with Crippen molar-refractivity contribution in [2.45, 2.75) is 13.5 Å². The van der Waals surface area contributed by atoms with Gasteiger partial charge in [-0.2, -0.15) is 0 Å². The molecule has 0 aliphatic rings. The number of benzene rings is 2. The van der Waals surface area contributed by atoms with E-state index in [2.05, 4.69) is 5.32 Å². The summed E-state index contributed by atoms with van der Waals surface area (Å²) in [5.41, 5.74) is 9.88. The van der Waals surface area contributed by atoms with Crippen LogP contribution >= 0.6 is 11.6 Å². The molecule has 0 bridgehead atoms. The van der Waals surface area contributed by atoms with Crippen LogP contribution in [0.5, 0.6) is 0 Å². The van der Waals surface area contributed by atoms with Gasteiger partial charge in [0.15, 0.2) is 0 Å². The third-order valence-electron chi connectivity index (χ3n) is 2.79. The first-order valence-corrected chi connectivity index (χ1v) is 5.88. The Morgan fingerprint density at radius 1 is 1.12 bits per heavy atom. The summed E-state index contributed by atoms with van der Waals surface area (Å²) in [7, 11) is 0. The molecule has 0 heterocycles. The third kappa shape index (κ3) is 2.71. The summed E-state index contributed by atoms with van der Waals surface area (Å²) in [5, 5.41) is 4.12. The second-order valence-electron chi connectivity index (χ2n) is 3.96. The van der Waals surface area contributed by atoms with E-state index in [1.807, 2.05) is 49.4 Å². The van der Waals surface area contributed by atoms with E-state index in [1.54, 1.807) is 0 Å². The molecule has 88 valence electrons. The topological polar surface area (TPSA) is 38.0 Å². The first-order chi connectivity index (χ1) is 8.18. The van der Waals surface area contributed by atoms with Crippen molar-refractivity contribution >= 4 is 23.0 Å². The van der Waals surface area contributed by atoms with E-state index in [-0.39, 0.29) is 0 Å². The van der Waals surface area contributed by atoms with Crippen LogP contribution in [0.4, 0.5) is 11.4 Å². The van der Waals surface area contributed by atoms with Crippen molar-refractivity contribution in [2.75, 3.05) is 11.1 Å². The molecule has 0 spiro atoms. The molecule has 17 heavy (non-hydrogen) atoms. The lowest BCUT2D eigenvalue weighted by Crippen LogP contribution is -2.03. The van der Waals surface area contributed by atoms with Crippen LogP contribution in [0.2, 0.25) is 5.02 Å². The zero-order valence-corrected chi connectivity index (χ0v) is 10.5. The van der Waals surface area contributed by atoms with Crippen LogP contribution in [-0.4, -0.2) is 0 Å². The maximum absolute atomic E-state index is 6.06. The molecule has 0 saturated heterocycles. The first kappa shape index (κ1) is 11.8. The Balaban J connectivity index is 2.13. The molecule has 3 N–H and O–H groups in total. The van der Waals surface area contributed by atoms with Crippen molar-refractivity contribution in [3.8, 4) is 0 Å². The largest absolute Gasteiger partial charge is 0.398 e. The number of hydrogen-bond acceptors (Lipinski definition) is 2. The summed E-state index contributed by atoms with van der Waals surface area (Å²) < 4.78 is 0. The fourth-order valence-electron chi connectivity index (χ4n) is 1.68. The second-order valence-corrected chi connectivity index (χ2v) is 4.37. The first-order valence-electron chi connectivity index (χ1n) is 5.51. The normalized spacial score (nSPS) is 10.2. The Labute approximate surface area is 106 Å². The van der Waals surface area contributed by atoms with E-state index in [0.29, 0.717) is 6.54 Å². The summed E-state index contributed by atoms with van der Waals surface area (Å²) in [6.45, 7) is 2.70. The number of para-hydroxylation sites is 1. The van der Waals surface area contributed by atoms with E-state index in [1.165, 1.54) is 0 Å². The molecule has 2 nitrogen and oxygen atoms in total. The Hall–Kier alpha value is -1.67. The van der Waals surface area contributed by atoms with Gasteiger partial charge in [-0.15, -0.1) is 0 Å². The minimum Gasteiger partial charge on any atom is -0.398 e. The Kier molecular flexibility index (Phi) is 3.55. The number of anilines is 2. The summed E-state index contributed by atoms with van der Waals surface area (Å²) in [6.07, 6.45) is 0. The van der Waals surface area contributed by atoms with Crippen molar-refractivity contribution in [2.24, 2.45) is 0 Å². The Morgan fingerprint density at radius 3 is 2.65 bits per heavy atom. The van der Waals surface area contributed by atoms with E-state index in [4.69, 9.17) is 17.3 Å². The molecule has 0 atom stereocenters. The highest BCUT2D eigenvalue weighted by atomic mass is 35.5. The van der Waals surface area contributed by atoms with Crippen LogP contribution < -0.4 is 11.1 Å². The van der Waals surface area contributed by atoms with Crippen molar-refractivity contribution in [1.82, 2.24) is 0 Å². The number of hydrogen-bond donors (Lipinski definition) is 2. The molecular weight excluding hydrogens is 232 g/mol. The van der Waals surface area contributed by atoms with Crippen LogP contribution in [-0.2, 0) is 6.54 Å². The average Bonchev–Trinajstić information content (AvgIpc) is 2.33. The van der Waals surface area contributed by atoms with Crippen LogP contribution in [0.3, 0.4) is 0 Å². The molecule has 3 heteroatoms. The predicted octanol–water partition coefficient (Wildman–Crippen LogP) is 3.84. The molecule has 0 unspecified atom stereocenters. The molecule has 0 amide bonds. The van der Waals surface area contributed by atoms with Crippen LogP contribution in [0.1, 0.15) is 11.1 Å². The lowest BCUT2D eigenvalue weighted by molar-refractivity contribution is 1.14. The SMILES string of the molecule is Cc1c(Cl)cccc1NCc1ccccc1N. The third-order valence-corrected chi connectivity index (χ3v) is 3.20. The van der Waals surface area contributed by atoms with E-state index in [0.717, 1.165) is 27.5 Å². The van der Waals surface area contributed by atoms with Gasteiger partial charge in [-0.25, -0.2) is 0 Å². The fraction of sp³-hybridized carbons (Fsp3) is 0.143. The molecule has 0 aliphatic carbocycles. The Bertz CT molecular complexity index is 523. The van der Waals surface area contributed by atoms with Crippen LogP contribution in [0, 0.1) is 6.92 Å². The van der Waals surface area contributed by atoms with Gasteiger partial charge in [0.1, 0.15) is 0 Å².